The molecule has 5 nitrogen and oxygen atoms in total. The Morgan fingerprint density at radius 2 is 2.33 bits per heavy atom. The third-order valence-corrected chi connectivity index (χ3v) is 3.06. The van der Waals surface area contributed by atoms with Crippen LogP contribution < -0.4 is 5.32 Å². The number of anilines is 1. The van der Waals surface area contributed by atoms with Gasteiger partial charge < -0.3 is 15.2 Å². The molecule has 1 unspecified atom stereocenters. The average Bonchev–Trinajstić information content (AvgIpc) is 2.47. The smallest absolute Gasteiger partial charge is 0.334 e. The van der Waals surface area contributed by atoms with Crippen LogP contribution in [0.1, 0.15) is 10.6 Å². The molecule has 6 heteroatoms. The maximum Gasteiger partial charge on any atom is 0.334 e. The summed E-state index contributed by atoms with van der Waals surface area (Å²) in [6.07, 6.45) is -0.838. The van der Waals surface area contributed by atoms with Crippen molar-refractivity contribution < 1.29 is 14.6 Å². The van der Waals surface area contributed by atoms with Gasteiger partial charge in [-0.3, -0.25) is 0 Å². The van der Waals surface area contributed by atoms with Crippen LogP contribution in [0.25, 0.3) is 0 Å². The number of nitrogens with one attached hydrogen (secondary N) is 1. The molecule has 0 saturated carbocycles. The number of hydrogen-bond donors (Lipinski definition) is 2. The summed E-state index contributed by atoms with van der Waals surface area (Å²) in [6, 6.07) is 0. The first-order valence-electron chi connectivity index (χ1n) is 4.48. The number of aryl methyl sites for hydroxylation is 2. The molecule has 0 bridgehead atoms. The number of hydrogen-bond acceptors (Lipinski definition) is 5. The van der Waals surface area contributed by atoms with Gasteiger partial charge in [0, 0.05) is 12.0 Å². The van der Waals surface area contributed by atoms with Gasteiger partial charge in [0.1, 0.15) is 0 Å². The molecule has 0 aliphatic heterocycles. The normalized spacial score (nSPS) is 12.5. The quantitative estimate of drug-likeness (QED) is 0.797. The molecule has 0 aliphatic rings. The van der Waals surface area contributed by atoms with Crippen molar-refractivity contribution >= 4 is 22.4 Å². The lowest BCUT2D eigenvalue weighted by atomic mass is 10.3. The highest BCUT2D eigenvalue weighted by Gasteiger charge is 2.16. The Labute approximate surface area is 92.1 Å². The second-order valence-electron chi connectivity index (χ2n) is 3.10. The van der Waals surface area contributed by atoms with Crippen LogP contribution in [-0.4, -0.2) is 35.8 Å². The molecule has 0 saturated heterocycles. The number of ether oxygens (including phenoxy) is 1. The van der Waals surface area contributed by atoms with Crippen LogP contribution in [0.2, 0.25) is 0 Å². The molecular weight excluding hydrogens is 216 g/mol. The average molecular weight is 230 g/mol. The lowest BCUT2D eigenvalue weighted by Gasteiger charge is -2.10. The second-order valence-corrected chi connectivity index (χ2v) is 4.31. The second kappa shape index (κ2) is 5.09. The first kappa shape index (κ1) is 11.9. The van der Waals surface area contributed by atoms with Gasteiger partial charge in [0.25, 0.3) is 0 Å². The molecule has 0 aromatic carbocycles. The zero-order valence-corrected chi connectivity index (χ0v) is 9.72. The number of carboxylic acids is 1. The summed E-state index contributed by atoms with van der Waals surface area (Å²) in [5.74, 6) is -0.977. The van der Waals surface area contributed by atoms with E-state index in [1.54, 1.807) is 0 Å². The molecule has 0 aliphatic carbocycles. The molecule has 0 fully saturated rings. The largest absolute Gasteiger partial charge is 0.479 e. The number of nitrogens with zero attached hydrogens (tertiary/aromatic N) is 1. The minimum Gasteiger partial charge on any atom is -0.479 e. The fraction of sp³-hybridized carbons (Fsp3) is 0.556. The molecule has 1 atom stereocenters. The lowest BCUT2D eigenvalue weighted by molar-refractivity contribution is -0.147. The van der Waals surface area contributed by atoms with Gasteiger partial charge in [-0.1, -0.05) is 0 Å². The van der Waals surface area contributed by atoms with Crippen molar-refractivity contribution in [2.45, 2.75) is 20.0 Å². The van der Waals surface area contributed by atoms with Gasteiger partial charge in [0.15, 0.2) is 11.2 Å². The van der Waals surface area contributed by atoms with E-state index in [2.05, 4.69) is 10.3 Å². The van der Waals surface area contributed by atoms with Crippen LogP contribution in [0.5, 0.6) is 0 Å². The van der Waals surface area contributed by atoms with E-state index < -0.39 is 12.1 Å². The highest BCUT2D eigenvalue weighted by atomic mass is 32.1. The van der Waals surface area contributed by atoms with Crippen molar-refractivity contribution in [3.05, 3.63) is 10.6 Å². The van der Waals surface area contributed by atoms with Crippen LogP contribution >= 0.6 is 11.3 Å². The van der Waals surface area contributed by atoms with E-state index in [0.29, 0.717) is 0 Å². The maximum absolute atomic E-state index is 10.6. The van der Waals surface area contributed by atoms with Gasteiger partial charge >= 0.3 is 5.97 Å². The van der Waals surface area contributed by atoms with Crippen LogP contribution in [0.3, 0.4) is 0 Å². The van der Waals surface area contributed by atoms with Crippen molar-refractivity contribution in [1.29, 1.82) is 0 Å². The van der Waals surface area contributed by atoms with E-state index in [-0.39, 0.29) is 6.54 Å². The van der Waals surface area contributed by atoms with Gasteiger partial charge in [-0.05, 0) is 13.8 Å². The summed E-state index contributed by atoms with van der Waals surface area (Å²) in [5.41, 5.74) is 0.965. The van der Waals surface area contributed by atoms with E-state index in [1.165, 1.54) is 18.4 Å². The fourth-order valence-corrected chi connectivity index (χ4v) is 1.82. The number of aliphatic carboxylic acids is 1. The predicted octanol–water partition coefficient (Wildman–Crippen LogP) is 1.27. The van der Waals surface area contributed by atoms with Crippen LogP contribution in [0.15, 0.2) is 0 Å². The summed E-state index contributed by atoms with van der Waals surface area (Å²) >= 11 is 1.51. The topological polar surface area (TPSA) is 71.5 Å². The van der Waals surface area contributed by atoms with E-state index in [4.69, 9.17) is 9.84 Å². The Morgan fingerprint density at radius 3 is 2.73 bits per heavy atom. The Hall–Kier alpha value is -1.14. The lowest BCUT2D eigenvalue weighted by Crippen LogP contribution is -2.30. The van der Waals surface area contributed by atoms with Crippen molar-refractivity contribution in [2.75, 3.05) is 19.0 Å². The molecule has 2 N–H and O–H groups in total. The van der Waals surface area contributed by atoms with Gasteiger partial charge in [0.05, 0.1) is 12.2 Å². The van der Waals surface area contributed by atoms with Gasteiger partial charge in [0.2, 0.25) is 0 Å². The summed E-state index contributed by atoms with van der Waals surface area (Å²) in [7, 11) is 1.37. The fourth-order valence-electron chi connectivity index (χ4n) is 1.000. The Morgan fingerprint density at radius 1 is 1.67 bits per heavy atom. The van der Waals surface area contributed by atoms with E-state index in [9.17, 15) is 4.79 Å². The monoisotopic (exact) mass is 230 g/mol. The number of aromatic nitrogens is 1. The summed E-state index contributed by atoms with van der Waals surface area (Å²) in [4.78, 5) is 16.0. The molecule has 84 valence electrons. The highest BCUT2D eigenvalue weighted by molar-refractivity contribution is 7.15. The molecule has 0 radical (unpaired) electrons. The van der Waals surface area contributed by atoms with E-state index in [1.807, 2.05) is 13.8 Å². The zero-order valence-electron chi connectivity index (χ0n) is 8.90. The minimum absolute atomic E-state index is 0.220. The van der Waals surface area contributed by atoms with Gasteiger partial charge in [-0.15, -0.1) is 11.3 Å². The van der Waals surface area contributed by atoms with Gasteiger partial charge in [-0.2, -0.15) is 0 Å². The molecule has 0 amide bonds. The number of carboxylic acid groups (broad SMARTS) is 1. The van der Waals surface area contributed by atoms with Gasteiger partial charge in [-0.25, -0.2) is 9.78 Å². The third kappa shape index (κ3) is 3.17. The summed E-state index contributed by atoms with van der Waals surface area (Å²) in [5, 5.41) is 12.4. The zero-order chi connectivity index (χ0) is 11.4. The Balaban J connectivity index is 2.52. The van der Waals surface area contributed by atoms with Crippen molar-refractivity contribution in [3.63, 3.8) is 0 Å². The molecular formula is C9H14N2O3S. The predicted molar refractivity (Wildman–Crippen MR) is 58.5 cm³/mol. The first-order chi connectivity index (χ1) is 7.04. The molecule has 1 aromatic heterocycles. The first-order valence-corrected chi connectivity index (χ1v) is 5.29. The number of methoxy groups -OCH3 is 1. The standard InChI is InChI=1S/C9H14N2O3S/c1-5-6(2)15-9(11-5)10-4-7(14-3)8(12)13/h7H,4H2,1-3H3,(H,10,11)(H,12,13). The van der Waals surface area contributed by atoms with Crippen molar-refractivity contribution in [3.8, 4) is 0 Å². The molecule has 0 spiro atoms. The van der Waals surface area contributed by atoms with Crippen molar-refractivity contribution in [2.24, 2.45) is 0 Å². The molecule has 1 heterocycles. The third-order valence-electron chi connectivity index (χ3n) is 2.03. The maximum atomic E-state index is 10.6. The van der Waals surface area contributed by atoms with Crippen LogP contribution in [0, 0.1) is 13.8 Å². The van der Waals surface area contributed by atoms with Crippen LogP contribution in [-0.2, 0) is 9.53 Å². The summed E-state index contributed by atoms with van der Waals surface area (Å²) in [6.45, 7) is 4.11. The Kier molecular flexibility index (Phi) is 4.05. The SMILES string of the molecule is COC(CNc1nc(C)c(C)s1)C(=O)O. The summed E-state index contributed by atoms with van der Waals surface area (Å²) < 4.78 is 4.79. The number of rotatable bonds is 5. The molecule has 1 aromatic rings. The minimum atomic E-state index is -0.977. The van der Waals surface area contributed by atoms with Crippen molar-refractivity contribution in [1.82, 2.24) is 4.98 Å². The molecule has 15 heavy (non-hydrogen) atoms. The number of carbonyl (C=O) groups is 1. The van der Waals surface area contributed by atoms with Crippen LogP contribution in [0.4, 0.5) is 5.13 Å². The highest BCUT2D eigenvalue weighted by Crippen LogP contribution is 2.20. The molecule has 1 rings (SSSR count). The Bertz CT molecular complexity index is 332. The van der Waals surface area contributed by atoms with E-state index >= 15 is 0 Å². The number of thiazole rings is 1. The van der Waals surface area contributed by atoms with E-state index in [0.717, 1.165) is 15.7 Å².